The van der Waals surface area contributed by atoms with Gasteiger partial charge >= 0.3 is 24.3 Å². The summed E-state index contributed by atoms with van der Waals surface area (Å²) in [6, 6.07) is 18.8. The Hall–Kier alpha value is -5.12. The van der Waals surface area contributed by atoms with Crippen molar-refractivity contribution in [3.63, 3.8) is 0 Å². The molecule has 0 bridgehead atoms. The summed E-state index contributed by atoms with van der Waals surface area (Å²) in [5.41, 5.74) is -7.81. The number of carbonyl (C=O) groups is 2. The summed E-state index contributed by atoms with van der Waals surface area (Å²) in [4.78, 5) is 25.8. The van der Waals surface area contributed by atoms with E-state index in [-0.39, 0.29) is 22.3 Å². The number of hydrogen-bond acceptors (Lipinski definition) is 4. The highest BCUT2D eigenvalue weighted by Crippen LogP contribution is 2.60. The zero-order chi connectivity index (χ0) is 31.4. The topological polar surface area (TPSA) is 52.6 Å². The minimum atomic E-state index is -6.10. The van der Waals surface area contributed by atoms with E-state index in [1.165, 1.54) is 60.7 Å². The van der Waals surface area contributed by atoms with Crippen molar-refractivity contribution in [3.8, 4) is 11.5 Å². The molecule has 0 aliphatic rings. The Bertz CT molecular complexity index is 1530. The Morgan fingerprint density at radius 2 is 0.907 bits per heavy atom. The highest BCUT2D eigenvalue weighted by Gasteiger charge is 2.74. The van der Waals surface area contributed by atoms with Crippen LogP contribution in [0, 0.1) is 0 Å². The molecule has 4 rings (SSSR count). The molecule has 0 aromatic heterocycles. The lowest BCUT2D eigenvalue weighted by Gasteiger charge is -2.39. The number of benzene rings is 4. The van der Waals surface area contributed by atoms with Crippen LogP contribution in [0.5, 0.6) is 11.5 Å². The van der Waals surface area contributed by atoms with Gasteiger partial charge in [-0.05, 0) is 47.5 Å². The first-order valence-electron chi connectivity index (χ1n) is 12.5. The van der Waals surface area contributed by atoms with Crippen molar-refractivity contribution in [1.82, 2.24) is 0 Å². The second-order valence-corrected chi connectivity index (χ2v) is 9.18. The molecule has 4 aromatic carbocycles. The van der Waals surface area contributed by atoms with Crippen LogP contribution >= 0.6 is 0 Å². The number of esters is 2. The van der Waals surface area contributed by atoms with Crippen LogP contribution in [-0.4, -0.2) is 24.3 Å². The van der Waals surface area contributed by atoms with Crippen LogP contribution < -0.4 is 9.47 Å². The monoisotopic (exact) mass is 596 g/mol. The summed E-state index contributed by atoms with van der Waals surface area (Å²) in [7, 11) is 0. The van der Waals surface area contributed by atoms with E-state index >= 15 is 26.3 Å². The molecule has 4 nitrogen and oxygen atoms in total. The second-order valence-electron chi connectivity index (χ2n) is 9.18. The lowest BCUT2D eigenvalue weighted by Crippen LogP contribution is -2.55. The fraction of sp³-hybridized carbons (Fsp3) is 0.0909. The van der Waals surface area contributed by atoms with E-state index in [2.05, 4.69) is 13.2 Å². The lowest BCUT2D eigenvalue weighted by atomic mass is 9.71. The third-order valence-electron chi connectivity index (χ3n) is 6.57. The van der Waals surface area contributed by atoms with Crippen LogP contribution in [-0.2, 0) is 5.41 Å². The summed E-state index contributed by atoms with van der Waals surface area (Å²) >= 11 is 0. The van der Waals surface area contributed by atoms with Gasteiger partial charge in [0.15, 0.2) is 0 Å². The number of hydrogen-bond donors (Lipinski definition) is 0. The SMILES string of the molecule is C=Cc1ccc(C(c2ccc(C=C)cc2OC(=O)c2ccccc2)(C(F)(F)F)C(F)(F)F)c(OC(=O)c2ccccc2)c1. The maximum atomic E-state index is 15.2. The molecule has 0 heterocycles. The summed E-state index contributed by atoms with van der Waals surface area (Å²) < 4.78 is 102. The first kappa shape index (κ1) is 30.8. The van der Waals surface area contributed by atoms with Gasteiger partial charge in [-0.2, -0.15) is 26.3 Å². The van der Waals surface area contributed by atoms with Crippen molar-refractivity contribution in [2.75, 3.05) is 0 Å². The Balaban J connectivity index is 2.04. The van der Waals surface area contributed by atoms with Gasteiger partial charge in [-0.25, -0.2) is 9.59 Å². The van der Waals surface area contributed by atoms with Gasteiger partial charge in [0.25, 0.3) is 0 Å². The van der Waals surface area contributed by atoms with Gasteiger partial charge in [0, 0.05) is 11.1 Å². The van der Waals surface area contributed by atoms with Gasteiger partial charge in [-0.15, -0.1) is 0 Å². The molecule has 4 aromatic rings. The molecule has 0 aliphatic carbocycles. The van der Waals surface area contributed by atoms with E-state index < -0.39 is 52.3 Å². The van der Waals surface area contributed by atoms with E-state index in [1.54, 1.807) is 12.1 Å². The molecule has 0 spiro atoms. The molecule has 0 amide bonds. The van der Waals surface area contributed by atoms with Crippen LogP contribution in [0.4, 0.5) is 26.3 Å². The molecule has 0 saturated carbocycles. The molecule has 10 heteroatoms. The third-order valence-corrected chi connectivity index (χ3v) is 6.57. The molecular weight excluding hydrogens is 574 g/mol. The number of carbonyl (C=O) groups excluding carboxylic acids is 2. The molecular formula is C33H22F6O4. The van der Waals surface area contributed by atoms with Gasteiger partial charge in [-0.3, -0.25) is 0 Å². The van der Waals surface area contributed by atoms with Crippen LogP contribution in [0.2, 0.25) is 0 Å². The first-order valence-corrected chi connectivity index (χ1v) is 12.5. The van der Waals surface area contributed by atoms with Crippen LogP contribution in [0.3, 0.4) is 0 Å². The van der Waals surface area contributed by atoms with Crippen LogP contribution in [0.1, 0.15) is 43.0 Å². The van der Waals surface area contributed by atoms with E-state index in [4.69, 9.17) is 9.47 Å². The predicted molar refractivity (Wildman–Crippen MR) is 149 cm³/mol. The zero-order valence-corrected chi connectivity index (χ0v) is 22.2. The third kappa shape index (κ3) is 5.94. The molecule has 0 aliphatic heterocycles. The predicted octanol–water partition coefficient (Wildman–Crippen LogP) is 8.82. The van der Waals surface area contributed by atoms with Crippen molar-refractivity contribution in [2.24, 2.45) is 0 Å². The Morgan fingerprint density at radius 1 is 0.558 bits per heavy atom. The maximum Gasteiger partial charge on any atom is 0.411 e. The second kappa shape index (κ2) is 12.0. The van der Waals surface area contributed by atoms with Gasteiger partial charge in [-0.1, -0.05) is 86.0 Å². The van der Waals surface area contributed by atoms with Crippen LogP contribution in [0.15, 0.2) is 110 Å². The highest BCUT2D eigenvalue weighted by atomic mass is 19.4. The summed E-state index contributed by atoms with van der Waals surface area (Å²) in [6.45, 7) is 7.00. The number of ether oxygens (including phenoxy) is 2. The fourth-order valence-corrected chi connectivity index (χ4v) is 4.50. The molecule has 43 heavy (non-hydrogen) atoms. The van der Waals surface area contributed by atoms with E-state index in [9.17, 15) is 9.59 Å². The Morgan fingerprint density at radius 3 is 1.21 bits per heavy atom. The quantitative estimate of drug-likeness (QED) is 0.116. The highest BCUT2D eigenvalue weighted by molar-refractivity contribution is 5.92. The standard InChI is InChI=1S/C33H22F6O4/c1-3-21-15-17-25(27(19-21)42-29(40)23-11-7-5-8-12-23)31(32(34,35)36,33(37,38)39)26-18-16-22(4-2)20-28(26)43-30(41)24-13-9-6-10-14-24/h3-20H,1-2H2. The average Bonchev–Trinajstić information content (AvgIpc) is 2.98. The van der Waals surface area contributed by atoms with E-state index in [1.807, 2.05) is 0 Å². The average molecular weight is 597 g/mol. The number of rotatable bonds is 8. The molecule has 0 unspecified atom stereocenters. The molecule has 0 radical (unpaired) electrons. The summed E-state index contributed by atoms with van der Waals surface area (Å²) in [6.07, 6.45) is -9.87. The molecule has 0 fully saturated rings. The summed E-state index contributed by atoms with van der Waals surface area (Å²) in [5.74, 6) is -4.43. The van der Waals surface area contributed by atoms with Gasteiger partial charge in [0.05, 0.1) is 11.1 Å². The van der Waals surface area contributed by atoms with Crippen LogP contribution in [0.25, 0.3) is 12.2 Å². The minimum absolute atomic E-state index is 0.0793. The number of alkyl halides is 6. The Labute approximate surface area is 242 Å². The van der Waals surface area contributed by atoms with Crippen molar-refractivity contribution >= 4 is 24.1 Å². The van der Waals surface area contributed by atoms with Gasteiger partial charge in [0.2, 0.25) is 5.41 Å². The normalized spacial score (nSPS) is 11.9. The Kier molecular flexibility index (Phi) is 8.61. The lowest BCUT2D eigenvalue weighted by molar-refractivity contribution is -0.289. The summed E-state index contributed by atoms with van der Waals surface area (Å²) in [5, 5.41) is 0. The van der Waals surface area contributed by atoms with Gasteiger partial charge in [0.1, 0.15) is 11.5 Å². The van der Waals surface area contributed by atoms with Crippen molar-refractivity contribution in [1.29, 1.82) is 0 Å². The molecule has 0 saturated heterocycles. The van der Waals surface area contributed by atoms with E-state index in [0.29, 0.717) is 12.1 Å². The molecule has 220 valence electrons. The molecule has 0 atom stereocenters. The molecule has 0 N–H and O–H groups in total. The van der Waals surface area contributed by atoms with Crippen molar-refractivity contribution in [2.45, 2.75) is 17.8 Å². The van der Waals surface area contributed by atoms with Gasteiger partial charge < -0.3 is 9.47 Å². The largest absolute Gasteiger partial charge is 0.423 e. The number of halogens is 6. The van der Waals surface area contributed by atoms with Crippen molar-refractivity contribution in [3.05, 3.63) is 144 Å². The van der Waals surface area contributed by atoms with E-state index in [0.717, 1.165) is 24.3 Å². The zero-order valence-electron chi connectivity index (χ0n) is 22.2. The maximum absolute atomic E-state index is 15.2. The first-order chi connectivity index (χ1) is 20.3. The fourth-order valence-electron chi connectivity index (χ4n) is 4.50. The smallest absolute Gasteiger partial charge is 0.411 e. The minimum Gasteiger partial charge on any atom is -0.423 e. The van der Waals surface area contributed by atoms with Crippen molar-refractivity contribution < 1.29 is 45.4 Å².